The number of aryl methyl sites for hydroxylation is 2. The molecular formula is C12H10ClIN4O. The molecule has 0 saturated carbocycles. The molecule has 2 heterocycles. The number of alkyl halides is 1. The fourth-order valence-corrected chi connectivity index (χ4v) is 2.70. The highest BCUT2D eigenvalue weighted by molar-refractivity contribution is 14.1. The molecule has 2 aromatic heterocycles. The number of aromatic nitrogens is 4. The highest BCUT2D eigenvalue weighted by Gasteiger charge is 2.11. The van der Waals surface area contributed by atoms with Crippen LogP contribution in [0.1, 0.15) is 11.7 Å². The van der Waals surface area contributed by atoms with Crippen molar-refractivity contribution < 1.29 is 4.52 Å². The summed E-state index contributed by atoms with van der Waals surface area (Å²) in [6, 6.07) is 6.18. The van der Waals surface area contributed by atoms with Gasteiger partial charge in [0.2, 0.25) is 5.89 Å². The van der Waals surface area contributed by atoms with Crippen molar-refractivity contribution in [3.63, 3.8) is 0 Å². The summed E-state index contributed by atoms with van der Waals surface area (Å²) in [5.74, 6) is 1.86. The van der Waals surface area contributed by atoms with Crippen LogP contribution in [0.3, 0.4) is 0 Å². The molecule has 0 aliphatic rings. The van der Waals surface area contributed by atoms with Gasteiger partial charge in [-0.05, 0) is 40.8 Å². The second-order valence-corrected chi connectivity index (χ2v) is 5.54. The Balaban J connectivity index is 1.96. The van der Waals surface area contributed by atoms with Gasteiger partial charge in [0, 0.05) is 16.5 Å². The molecule has 0 unspecified atom stereocenters. The predicted octanol–water partition coefficient (Wildman–Crippen LogP) is 3.01. The SMILES string of the molecule is ClCc1nc2cc(I)ccc2n1CCc1ncno1. The molecule has 0 atom stereocenters. The van der Waals surface area contributed by atoms with Gasteiger partial charge in [-0.2, -0.15) is 4.98 Å². The number of nitrogens with zero attached hydrogens (tertiary/aromatic N) is 4. The molecule has 98 valence electrons. The van der Waals surface area contributed by atoms with Crippen LogP contribution < -0.4 is 0 Å². The lowest BCUT2D eigenvalue weighted by Crippen LogP contribution is -2.05. The zero-order valence-electron chi connectivity index (χ0n) is 9.88. The molecule has 7 heteroatoms. The molecule has 0 spiro atoms. The predicted molar refractivity (Wildman–Crippen MR) is 80.0 cm³/mol. The molecule has 0 bridgehead atoms. The van der Waals surface area contributed by atoms with Crippen LogP contribution in [0.5, 0.6) is 0 Å². The number of fused-ring (bicyclic) bond motifs is 1. The van der Waals surface area contributed by atoms with Gasteiger partial charge in [-0.15, -0.1) is 11.6 Å². The van der Waals surface area contributed by atoms with Crippen LogP contribution in [0.15, 0.2) is 29.0 Å². The molecule has 3 rings (SSSR count). The first-order chi connectivity index (χ1) is 9.28. The van der Waals surface area contributed by atoms with Crippen LogP contribution in [0.25, 0.3) is 11.0 Å². The summed E-state index contributed by atoms with van der Waals surface area (Å²) in [6.45, 7) is 0.724. The highest BCUT2D eigenvalue weighted by Crippen LogP contribution is 2.20. The highest BCUT2D eigenvalue weighted by atomic mass is 127. The third kappa shape index (κ3) is 2.59. The van der Waals surface area contributed by atoms with Crippen molar-refractivity contribution in [3.05, 3.63) is 39.8 Å². The number of hydrogen-bond acceptors (Lipinski definition) is 4. The molecule has 5 nitrogen and oxygen atoms in total. The molecule has 0 aliphatic heterocycles. The molecule has 0 radical (unpaired) electrons. The number of hydrogen-bond donors (Lipinski definition) is 0. The maximum atomic E-state index is 5.97. The summed E-state index contributed by atoms with van der Waals surface area (Å²) in [5, 5.41) is 3.60. The average molecular weight is 389 g/mol. The fraction of sp³-hybridized carbons (Fsp3) is 0.250. The van der Waals surface area contributed by atoms with Gasteiger partial charge in [0.25, 0.3) is 0 Å². The summed E-state index contributed by atoms with van der Waals surface area (Å²) < 4.78 is 8.27. The number of benzene rings is 1. The largest absolute Gasteiger partial charge is 0.340 e. The van der Waals surface area contributed by atoms with Crippen LogP contribution in [0.4, 0.5) is 0 Å². The summed E-state index contributed by atoms with van der Waals surface area (Å²) >= 11 is 8.24. The molecule has 0 fully saturated rings. The van der Waals surface area contributed by atoms with E-state index in [1.165, 1.54) is 6.33 Å². The minimum absolute atomic E-state index is 0.384. The van der Waals surface area contributed by atoms with E-state index in [-0.39, 0.29) is 0 Å². The van der Waals surface area contributed by atoms with E-state index < -0.39 is 0 Å². The quantitative estimate of drug-likeness (QED) is 0.509. The molecule has 0 amide bonds. The van der Waals surface area contributed by atoms with Crippen molar-refractivity contribution in [1.82, 2.24) is 19.7 Å². The lowest BCUT2D eigenvalue weighted by Gasteiger charge is -2.05. The number of imidazole rings is 1. The lowest BCUT2D eigenvalue weighted by atomic mass is 10.3. The minimum atomic E-state index is 0.384. The van der Waals surface area contributed by atoms with E-state index in [4.69, 9.17) is 16.1 Å². The van der Waals surface area contributed by atoms with Crippen molar-refractivity contribution in [2.45, 2.75) is 18.8 Å². The first-order valence-corrected chi connectivity index (χ1v) is 7.35. The minimum Gasteiger partial charge on any atom is -0.340 e. The fourth-order valence-electron chi connectivity index (χ4n) is 2.02. The second-order valence-electron chi connectivity index (χ2n) is 4.03. The van der Waals surface area contributed by atoms with Gasteiger partial charge in [0.1, 0.15) is 5.82 Å². The van der Waals surface area contributed by atoms with Crippen LogP contribution in [-0.4, -0.2) is 19.7 Å². The normalized spacial score (nSPS) is 11.3. The van der Waals surface area contributed by atoms with E-state index in [1.54, 1.807) is 0 Å². The Kier molecular flexibility index (Phi) is 3.69. The van der Waals surface area contributed by atoms with Gasteiger partial charge in [0.05, 0.1) is 16.9 Å². The van der Waals surface area contributed by atoms with Crippen molar-refractivity contribution in [2.24, 2.45) is 0 Å². The van der Waals surface area contributed by atoms with Crippen molar-refractivity contribution in [3.8, 4) is 0 Å². The Morgan fingerprint density at radius 2 is 2.26 bits per heavy atom. The standard InChI is InChI=1S/C12H10ClIN4O/c13-6-11-17-9-5-8(14)1-2-10(9)18(11)4-3-12-15-7-16-19-12/h1-2,5,7H,3-4,6H2. The third-order valence-electron chi connectivity index (χ3n) is 2.87. The topological polar surface area (TPSA) is 56.7 Å². The van der Waals surface area contributed by atoms with E-state index in [0.29, 0.717) is 18.2 Å². The Morgan fingerprint density at radius 3 is 3.00 bits per heavy atom. The van der Waals surface area contributed by atoms with Gasteiger partial charge in [-0.3, -0.25) is 0 Å². The molecular weight excluding hydrogens is 379 g/mol. The summed E-state index contributed by atoms with van der Waals surface area (Å²) in [7, 11) is 0. The van der Waals surface area contributed by atoms with Gasteiger partial charge in [-0.25, -0.2) is 4.98 Å². The van der Waals surface area contributed by atoms with Gasteiger partial charge < -0.3 is 9.09 Å². The van der Waals surface area contributed by atoms with Crippen molar-refractivity contribution in [2.75, 3.05) is 0 Å². The molecule has 0 aliphatic carbocycles. The summed E-state index contributed by atoms with van der Waals surface area (Å²) in [6.07, 6.45) is 2.08. The Labute approximate surface area is 128 Å². The van der Waals surface area contributed by atoms with Crippen LogP contribution in [0, 0.1) is 3.57 Å². The summed E-state index contributed by atoms with van der Waals surface area (Å²) in [5.41, 5.74) is 2.05. The molecule has 0 N–H and O–H groups in total. The lowest BCUT2D eigenvalue weighted by molar-refractivity contribution is 0.371. The van der Waals surface area contributed by atoms with E-state index in [2.05, 4.69) is 60.5 Å². The maximum Gasteiger partial charge on any atom is 0.228 e. The van der Waals surface area contributed by atoms with E-state index >= 15 is 0 Å². The van der Waals surface area contributed by atoms with Crippen LogP contribution in [0.2, 0.25) is 0 Å². The third-order valence-corrected chi connectivity index (χ3v) is 3.78. The Hall–Kier alpha value is -1.15. The Bertz CT molecular complexity index is 695. The first kappa shape index (κ1) is 12.9. The first-order valence-electron chi connectivity index (χ1n) is 5.74. The van der Waals surface area contributed by atoms with E-state index in [1.807, 2.05) is 0 Å². The smallest absolute Gasteiger partial charge is 0.228 e. The van der Waals surface area contributed by atoms with Crippen LogP contribution >= 0.6 is 34.2 Å². The molecule has 3 aromatic rings. The number of halogens is 2. The molecule has 0 saturated heterocycles. The van der Waals surface area contributed by atoms with Gasteiger partial charge in [-0.1, -0.05) is 5.16 Å². The Morgan fingerprint density at radius 1 is 1.37 bits per heavy atom. The second kappa shape index (κ2) is 5.46. The van der Waals surface area contributed by atoms with Crippen molar-refractivity contribution >= 4 is 45.2 Å². The van der Waals surface area contributed by atoms with E-state index in [0.717, 1.165) is 27.0 Å². The molecule has 1 aromatic carbocycles. The summed E-state index contributed by atoms with van der Waals surface area (Å²) in [4.78, 5) is 8.57. The van der Waals surface area contributed by atoms with Crippen LogP contribution in [-0.2, 0) is 18.8 Å². The zero-order valence-corrected chi connectivity index (χ0v) is 12.8. The average Bonchev–Trinajstić information content (AvgIpc) is 3.02. The number of rotatable bonds is 4. The molecule has 19 heavy (non-hydrogen) atoms. The van der Waals surface area contributed by atoms with Gasteiger partial charge in [0.15, 0.2) is 6.33 Å². The monoisotopic (exact) mass is 388 g/mol. The van der Waals surface area contributed by atoms with Gasteiger partial charge >= 0.3 is 0 Å². The maximum absolute atomic E-state index is 5.97. The van der Waals surface area contributed by atoms with Crippen molar-refractivity contribution in [1.29, 1.82) is 0 Å². The van der Waals surface area contributed by atoms with E-state index in [9.17, 15) is 0 Å². The zero-order chi connectivity index (χ0) is 13.2.